The van der Waals surface area contributed by atoms with Crippen molar-refractivity contribution in [1.29, 1.82) is 0 Å². The Labute approximate surface area is 141 Å². The van der Waals surface area contributed by atoms with E-state index in [9.17, 15) is 9.90 Å². The van der Waals surface area contributed by atoms with E-state index in [1.54, 1.807) is 12.1 Å². The van der Waals surface area contributed by atoms with E-state index in [0.717, 1.165) is 11.4 Å². The van der Waals surface area contributed by atoms with E-state index in [1.165, 1.54) is 17.7 Å². The number of aryl methyl sites for hydroxylation is 1. The van der Waals surface area contributed by atoms with E-state index in [2.05, 4.69) is 36.1 Å². The molecule has 0 saturated heterocycles. The number of nitrogens with zero attached hydrogens (tertiary/aromatic N) is 1. The predicted octanol–water partition coefficient (Wildman–Crippen LogP) is 4.70. The van der Waals surface area contributed by atoms with Gasteiger partial charge in [0.2, 0.25) is 0 Å². The monoisotopic (exact) mass is 317 g/mol. The normalized spacial score (nSPS) is 10.4. The Morgan fingerprint density at radius 1 is 0.750 bits per heavy atom. The van der Waals surface area contributed by atoms with Gasteiger partial charge in [0.05, 0.1) is 0 Å². The molecule has 24 heavy (non-hydrogen) atoms. The van der Waals surface area contributed by atoms with Gasteiger partial charge in [-0.05, 0) is 67.6 Å². The number of anilines is 2. The summed E-state index contributed by atoms with van der Waals surface area (Å²) < 4.78 is 0. The van der Waals surface area contributed by atoms with Gasteiger partial charge in [-0.15, -0.1) is 0 Å². The number of hydrogen-bond acceptors (Lipinski definition) is 3. The standard InChI is InChI=1S/C21H19NO2/c1-15-3-9-18(10-4-15)22(2)19-11-5-16(6-12-19)21(24)17-7-13-20(23)14-8-17/h3-14,23H,1-2H3. The van der Waals surface area contributed by atoms with E-state index >= 15 is 0 Å². The molecule has 3 aromatic carbocycles. The maximum absolute atomic E-state index is 12.5. The lowest BCUT2D eigenvalue weighted by atomic mass is 10.0. The van der Waals surface area contributed by atoms with Gasteiger partial charge in [-0.25, -0.2) is 0 Å². The zero-order valence-corrected chi connectivity index (χ0v) is 13.7. The van der Waals surface area contributed by atoms with Gasteiger partial charge in [0.1, 0.15) is 5.75 Å². The van der Waals surface area contributed by atoms with Crippen molar-refractivity contribution in [3.8, 4) is 5.75 Å². The quantitative estimate of drug-likeness (QED) is 0.709. The lowest BCUT2D eigenvalue weighted by Gasteiger charge is -2.20. The number of benzene rings is 3. The van der Waals surface area contributed by atoms with E-state index in [1.807, 2.05) is 31.3 Å². The van der Waals surface area contributed by atoms with Crippen molar-refractivity contribution < 1.29 is 9.90 Å². The second-order valence-electron chi connectivity index (χ2n) is 5.82. The summed E-state index contributed by atoms with van der Waals surface area (Å²) in [6.07, 6.45) is 0. The minimum absolute atomic E-state index is 0.0560. The number of ketones is 1. The van der Waals surface area contributed by atoms with Gasteiger partial charge >= 0.3 is 0 Å². The molecule has 3 nitrogen and oxygen atoms in total. The molecule has 3 aromatic rings. The minimum Gasteiger partial charge on any atom is -0.508 e. The van der Waals surface area contributed by atoms with Crippen molar-refractivity contribution in [3.05, 3.63) is 89.5 Å². The number of aromatic hydroxyl groups is 1. The second-order valence-corrected chi connectivity index (χ2v) is 5.82. The third-order valence-corrected chi connectivity index (χ3v) is 4.07. The first-order chi connectivity index (χ1) is 11.5. The molecule has 120 valence electrons. The molecule has 0 saturated carbocycles. The Morgan fingerprint density at radius 3 is 1.67 bits per heavy atom. The van der Waals surface area contributed by atoms with Crippen molar-refractivity contribution in [2.45, 2.75) is 6.92 Å². The van der Waals surface area contributed by atoms with E-state index < -0.39 is 0 Å². The number of hydrogen-bond donors (Lipinski definition) is 1. The maximum atomic E-state index is 12.5. The molecule has 0 heterocycles. The molecule has 0 spiro atoms. The number of carbonyl (C=O) groups is 1. The van der Waals surface area contributed by atoms with Gasteiger partial charge in [0, 0.05) is 29.5 Å². The topological polar surface area (TPSA) is 40.5 Å². The van der Waals surface area contributed by atoms with Crippen molar-refractivity contribution in [1.82, 2.24) is 0 Å². The summed E-state index contributed by atoms with van der Waals surface area (Å²) in [5.74, 6) is 0.0983. The molecule has 3 heteroatoms. The SMILES string of the molecule is Cc1ccc(N(C)c2ccc(C(=O)c3ccc(O)cc3)cc2)cc1. The van der Waals surface area contributed by atoms with E-state index in [4.69, 9.17) is 0 Å². The van der Waals surface area contributed by atoms with Crippen LogP contribution in [0.1, 0.15) is 21.5 Å². The molecular formula is C21H19NO2. The van der Waals surface area contributed by atoms with Gasteiger partial charge in [0.15, 0.2) is 5.78 Å². The zero-order chi connectivity index (χ0) is 17.1. The summed E-state index contributed by atoms with van der Waals surface area (Å²) in [6.45, 7) is 2.06. The molecule has 0 aromatic heterocycles. The van der Waals surface area contributed by atoms with Crippen molar-refractivity contribution in [3.63, 3.8) is 0 Å². The smallest absolute Gasteiger partial charge is 0.193 e. The molecule has 0 unspecified atom stereocenters. The number of carbonyl (C=O) groups excluding carboxylic acids is 1. The number of rotatable bonds is 4. The van der Waals surface area contributed by atoms with Crippen LogP contribution in [-0.2, 0) is 0 Å². The predicted molar refractivity (Wildman–Crippen MR) is 97.2 cm³/mol. The molecule has 0 fully saturated rings. The maximum Gasteiger partial charge on any atom is 0.193 e. The molecule has 0 aliphatic rings. The Hall–Kier alpha value is -3.07. The highest BCUT2D eigenvalue weighted by molar-refractivity contribution is 6.09. The average molecular weight is 317 g/mol. The fourth-order valence-electron chi connectivity index (χ4n) is 2.53. The summed E-state index contributed by atoms with van der Waals surface area (Å²) in [6, 6.07) is 22.1. The molecule has 3 rings (SSSR count). The first-order valence-electron chi connectivity index (χ1n) is 7.79. The Balaban J connectivity index is 1.81. The Kier molecular flexibility index (Phi) is 4.34. The largest absolute Gasteiger partial charge is 0.508 e. The van der Waals surface area contributed by atoms with E-state index in [-0.39, 0.29) is 11.5 Å². The van der Waals surface area contributed by atoms with Crippen LogP contribution in [0.4, 0.5) is 11.4 Å². The van der Waals surface area contributed by atoms with Crippen LogP contribution in [0, 0.1) is 6.92 Å². The Bertz CT molecular complexity index is 835. The van der Waals surface area contributed by atoms with E-state index in [0.29, 0.717) is 11.1 Å². The molecular weight excluding hydrogens is 298 g/mol. The molecule has 0 bridgehead atoms. The van der Waals surface area contributed by atoms with Crippen LogP contribution in [-0.4, -0.2) is 17.9 Å². The third kappa shape index (κ3) is 3.30. The summed E-state index contributed by atoms with van der Waals surface area (Å²) in [5, 5.41) is 9.32. The zero-order valence-electron chi connectivity index (χ0n) is 13.7. The molecule has 0 amide bonds. The van der Waals surface area contributed by atoms with Gasteiger partial charge in [-0.1, -0.05) is 17.7 Å². The van der Waals surface area contributed by atoms with Crippen LogP contribution in [0.3, 0.4) is 0 Å². The summed E-state index contributed by atoms with van der Waals surface area (Å²) in [5.41, 5.74) is 4.52. The average Bonchev–Trinajstić information content (AvgIpc) is 2.62. The molecule has 0 atom stereocenters. The highest BCUT2D eigenvalue weighted by Gasteiger charge is 2.10. The minimum atomic E-state index is -0.0560. The van der Waals surface area contributed by atoms with Crippen LogP contribution in [0.15, 0.2) is 72.8 Å². The molecule has 0 radical (unpaired) electrons. The first-order valence-corrected chi connectivity index (χ1v) is 7.79. The molecule has 0 aliphatic heterocycles. The van der Waals surface area contributed by atoms with Crippen molar-refractivity contribution >= 4 is 17.2 Å². The van der Waals surface area contributed by atoms with Gasteiger partial charge < -0.3 is 10.0 Å². The summed E-state index contributed by atoms with van der Waals surface area (Å²) in [7, 11) is 2.00. The van der Waals surface area contributed by atoms with Crippen LogP contribution < -0.4 is 4.90 Å². The van der Waals surface area contributed by atoms with Gasteiger partial charge in [-0.3, -0.25) is 4.79 Å². The van der Waals surface area contributed by atoms with Crippen molar-refractivity contribution in [2.24, 2.45) is 0 Å². The fourth-order valence-corrected chi connectivity index (χ4v) is 2.53. The van der Waals surface area contributed by atoms with Crippen LogP contribution >= 0.6 is 0 Å². The van der Waals surface area contributed by atoms with Crippen molar-refractivity contribution in [2.75, 3.05) is 11.9 Å². The molecule has 1 N–H and O–H groups in total. The summed E-state index contributed by atoms with van der Waals surface area (Å²) >= 11 is 0. The fraction of sp³-hybridized carbons (Fsp3) is 0.0952. The number of phenols is 1. The highest BCUT2D eigenvalue weighted by atomic mass is 16.3. The summed E-state index contributed by atoms with van der Waals surface area (Å²) in [4.78, 5) is 14.5. The van der Waals surface area contributed by atoms with Gasteiger partial charge in [-0.2, -0.15) is 0 Å². The van der Waals surface area contributed by atoms with Crippen LogP contribution in [0.2, 0.25) is 0 Å². The molecule has 0 aliphatic carbocycles. The first kappa shape index (κ1) is 15.8. The highest BCUT2D eigenvalue weighted by Crippen LogP contribution is 2.24. The van der Waals surface area contributed by atoms with Gasteiger partial charge in [0.25, 0.3) is 0 Å². The second kappa shape index (κ2) is 6.59. The van der Waals surface area contributed by atoms with Crippen LogP contribution in [0.5, 0.6) is 5.75 Å². The van der Waals surface area contributed by atoms with Crippen LogP contribution in [0.25, 0.3) is 0 Å². The lowest BCUT2D eigenvalue weighted by molar-refractivity contribution is 0.103. The Morgan fingerprint density at radius 2 is 1.17 bits per heavy atom. The number of phenolic OH excluding ortho intramolecular Hbond substituents is 1. The third-order valence-electron chi connectivity index (χ3n) is 4.07. The lowest BCUT2D eigenvalue weighted by Crippen LogP contribution is -2.09.